The number of hydrogen-bond acceptors (Lipinski definition) is 6. The second-order valence-corrected chi connectivity index (χ2v) is 5.69. The normalized spacial score (nSPS) is 19.5. The average molecular weight is 350 g/mol. The van der Waals surface area contributed by atoms with Crippen molar-refractivity contribution in [3.05, 3.63) is 69.2 Å². The van der Waals surface area contributed by atoms with Crippen molar-refractivity contribution < 1.29 is 19.9 Å². The summed E-state index contributed by atoms with van der Waals surface area (Å²) in [4.78, 5) is 22.6. The molecule has 24 heavy (non-hydrogen) atoms. The van der Waals surface area contributed by atoms with Crippen molar-refractivity contribution in [3.8, 4) is 0 Å². The van der Waals surface area contributed by atoms with E-state index in [1.165, 1.54) is 36.4 Å². The Hall–Kier alpha value is -2.52. The number of amides is 1. The Morgan fingerprint density at radius 3 is 2.50 bits per heavy atom. The van der Waals surface area contributed by atoms with Gasteiger partial charge in [0.25, 0.3) is 11.5 Å². The van der Waals surface area contributed by atoms with Gasteiger partial charge < -0.3 is 10.2 Å². The van der Waals surface area contributed by atoms with Crippen LogP contribution in [0.1, 0.15) is 11.6 Å². The fraction of sp³-hybridized carbons (Fsp3) is 0.133. The molecule has 1 saturated heterocycles. The largest absolute Gasteiger partial charge is 0.357 e. The van der Waals surface area contributed by atoms with Crippen LogP contribution in [0.3, 0.4) is 0 Å². The third-order valence-corrected chi connectivity index (χ3v) is 3.93. The molecule has 2 aromatic rings. The predicted octanol–water partition coefficient (Wildman–Crippen LogP) is 1.52. The van der Waals surface area contributed by atoms with Crippen LogP contribution in [0, 0.1) is 10.1 Å². The van der Waals surface area contributed by atoms with E-state index in [9.17, 15) is 25.1 Å². The van der Waals surface area contributed by atoms with E-state index in [1.54, 1.807) is 12.1 Å². The Bertz CT molecular complexity index is 809. The molecule has 0 spiro atoms. The van der Waals surface area contributed by atoms with Crippen LogP contribution in [0.25, 0.3) is 0 Å². The molecule has 1 heterocycles. The minimum atomic E-state index is -2.76. The van der Waals surface area contributed by atoms with Crippen LogP contribution in [0.5, 0.6) is 0 Å². The summed E-state index contributed by atoms with van der Waals surface area (Å²) in [6.07, 6.45) is 0. The van der Waals surface area contributed by atoms with Gasteiger partial charge in [-0.25, -0.2) is 10.4 Å². The fourth-order valence-electron chi connectivity index (χ4n) is 2.47. The number of nitrogens with zero attached hydrogens (tertiary/aromatic N) is 2. The summed E-state index contributed by atoms with van der Waals surface area (Å²) >= 11 is 5.80. The lowest BCUT2D eigenvalue weighted by Crippen LogP contribution is -2.42. The van der Waals surface area contributed by atoms with Gasteiger partial charge in [-0.3, -0.25) is 14.9 Å². The summed E-state index contributed by atoms with van der Waals surface area (Å²) in [5.74, 6) is -3.75. The zero-order chi connectivity index (χ0) is 17.5. The van der Waals surface area contributed by atoms with E-state index >= 15 is 0 Å². The first-order chi connectivity index (χ1) is 11.3. The molecule has 0 aromatic heterocycles. The number of anilines is 1. The van der Waals surface area contributed by atoms with Crippen molar-refractivity contribution in [3.63, 3.8) is 0 Å². The van der Waals surface area contributed by atoms with E-state index in [-0.39, 0.29) is 11.3 Å². The lowest BCUT2D eigenvalue weighted by Gasteiger charge is -2.19. The highest BCUT2D eigenvalue weighted by Gasteiger charge is 2.53. The topological polar surface area (TPSA) is 116 Å². The number of halogens is 1. The van der Waals surface area contributed by atoms with Crippen LogP contribution in [-0.4, -0.2) is 26.8 Å². The number of hydrazine groups is 1. The van der Waals surface area contributed by atoms with Crippen molar-refractivity contribution in [2.75, 3.05) is 5.01 Å². The molecule has 9 heteroatoms. The molecular weight excluding hydrogens is 338 g/mol. The molecule has 1 atom stereocenters. The van der Waals surface area contributed by atoms with Gasteiger partial charge in [-0.05, 0) is 29.8 Å². The minimum absolute atomic E-state index is 0.194. The molecule has 1 unspecified atom stereocenters. The quantitative estimate of drug-likeness (QED) is 0.439. The van der Waals surface area contributed by atoms with E-state index in [0.717, 1.165) is 5.01 Å². The Morgan fingerprint density at radius 1 is 1.21 bits per heavy atom. The smallest absolute Gasteiger partial charge is 0.303 e. The van der Waals surface area contributed by atoms with Gasteiger partial charge in [-0.2, -0.15) is 0 Å². The molecule has 1 fully saturated rings. The molecule has 0 aliphatic carbocycles. The third kappa shape index (κ3) is 2.72. The molecule has 3 N–H and O–H groups in total. The summed E-state index contributed by atoms with van der Waals surface area (Å²) < 4.78 is 0. The van der Waals surface area contributed by atoms with Crippen LogP contribution in [0.2, 0.25) is 5.02 Å². The first kappa shape index (κ1) is 16.3. The van der Waals surface area contributed by atoms with E-state index in [0.29, 0.717) is 10.7 Å². The maximum absolute atomic E-state index is 12.3. The lowest BCUT2D eigenvalue weighted by atomic mass is 9.99. The molecule has 124 valence electrons. The second kappa shape index (κ2) is 5.84. The van der Waals surface area contributed by atoms with Crippen molar-refractivity contribution >= 4 is 28.9 Å². The monoisotopic (exact) mass is 349 g/mol. The number of non-ortho nitro benzene ring substituents is 1. The van der Waals surface area contributed by atoms with Crippen LogP contribution >= 0.6 is 11.6 Å². The van der Waals surface area contributed by atoms with Crippen LogP contribution < -0.4 is 10.4 Å². The SMILES string of the molecule is O=C1N(c2ccc(Cl)cc2)NC(c2cccc([N+](=O)[O-])c2)C1(O)O. The molecule has 8 nitrogen and oxygen atoms in total. The maximum atomic E-state index is 12.3. The predicted molar refractivity (Wildman–Crippen MR) is 85.1 cm³/mol. The third-order valence-electron chi connectivity index (χ3n) is 3.68. The summed E-state index contributed by atoms with van der Waals surface area (Å²) in [7, 11) is 0. The number of nitrogens with one attached hydrogen (secondary N) is 1. The fourth-order valence-corrected chi connectivity index (χ4v) is 2.60. The van der Waals surface area contributed by atoms with E-state index < -0.39 is 22.7 Å². The summed E-state index contributed by atoms with van der Waals surface area (Å²) in [5, 5.41) is 32.7. The molecule has 2 aromatic carbocycles. The zero-order valence-corrected chi connectivity index (χ0v) is 12.8. The molecular formula is C15H12ClN3O5. The average Bonchev–Trinajstić information content (AvgIpc) is 2.79. The standard InChI is InChI=1S/C15H12ClN3O5/c16-10-4-6-11(7-5-10)18-14(20)15(21,22)13(17-18)9-2-1-3-12(8-9)19(23)24/h1-8,13,17,21-22H. The van der Waals surface area contributed by atoms with Crippen molar-refractivity contribution in [1.29, 1.82) is 0 Å². The molecule has 1 aliphatic heterocycles. The van der Waals surface area contributed by atoms with Crippen LogP contribution in [-0.2, 0) is 4.79 Å². The number of benzene rings is 2. The van der Waals surface area contributed by atoms with Gasteiger partial charge in [-0.15, -0.1) is 0 Å². The maximum Gasteiger partial charge on any atom is 0.303 e. The highest BCUT2D eigenvalue weighted by molar-refractivity contribution is 6.30. The molecule has 3 rings (SSSR count). The Kier molecular flexibility index (Phi) is 3.98. The Labute approximate surface area is 141 Å². The van der Waals surface area contributed by atoms with Gasteiger partial charge in [0, 0.05) is 17.2 Å². The van der Waals surface area contributed by atoms with Crippen LogP contribution in [0.15, 0.2) is 48.5 Å². The van der Waals surface area contributed by atoms with Crippen LogP contribution in [0.4, 0.5) is 11.4 Å². The summed E-state index contributed by atoms with van der Waals surface area (Å²) in [6, 6.07) is 10.2. The second-order valence-electron chi connectivity index (χ2n) is 5.26. The molecule has 0 saturated carbocycles. The number of carbonyl (C=O) groups excluding carboxylic acids is 1. The lowest BCUT2D eigenvalue weighted by molar-refractivity contribution is -0.385. The van der Waals surface area contributed by atoms with E-state index in [4.69, 9.17) is 11.6 Å². The first-order valence-electron chi connectivity index (χ1n) is 6.86. The molecule has 0 radical (unpaired) electrons. The summed E-state index contributed by atoms with van der Waals surface area (Å²) in [6.45, 7) is 0. The number of aliphatic hydroxyl groups is 2. The number of nitro groups is 1. The highest BCUT2D eigenvalue weighted by Crippen LogP contribution is 2.35. The number of nitro benzene ring substituents is 1. The minimum Gasteiger partial charge on any atom is -0.357 e. The molecule has 1 aliphatic rings. The van der Waals surface area contributed by atoms with Crippen molar-refractivity contribution in [2.45, 2.75) is 11.8 Å². The van der Waals surface area contributed by atoms with Gasteiger partial charge in [0.1, 0.15) is 6.04 Å². The van der Waals surface area contributed by atoms with Crippen molar-refractivity contribution in [1.82, 2.24) is 5.43 Å². The van der Waals surface area contributed by atoms with E-state index in [1.807, 2.05) is 0 Å². The number of rotatable bonds is 3. The van der Waals surface area contributed by atoms with Gasteiger partial charge in [0.15, 0.2) is 0 Å². The number of hydrogen-bond donors (Lipinski definition) is 3. The van der Waals surface area contributed by atoms with Crippen molar-refractivity contribution in [2.24, 2.45) is 0 Å². The van der Waals surface area contributed by atoms with Gasteiger partial charge in [0.2, 0.25) is 0 Å². The highest BCUT2D eigenvalue weighted by atomic mass is 35.5. The van der Waals surface area contributed by atoms with Gasteiger partial charge in [0.05, 0.1) is 10.6 Å². The Morgan fingerprint density at radius 2 is 1.88 bits per heavy atom. The molecule has 1 amide bonds. The van der Waals surface area contributed by atoms with Gasteiger partial charge >= 0.3 is 5.91 Å². The van der Waals surface area contributed by atoms with E-state index in [2.05, 4.69) is 5.43 Å². The zero-order valence-electron chi connectivity index (χ0n) is 12.1. The first-order valence-corrected chi connectivity index (χ1v) is 7.24. The number of carbonyl (C=O) groups is 1. The molecule has 0 bridgehead atoms. The summed E-state index contributed by atoms with van der Waals surface area (Å²) in [5.41, 5.74) is 2.99. The van der Waals surface area contributed by atoms with Gasteiger partial charge in [-0.1, -0.05) is 23.7 Å². The Balaban J connectivity index is 1.98.